The van der Waals surface area contributed by atoms with E-state index >= 15 is 0 Å². The summed E-state index contributed by atoms with van der Waals surface area (Å²) in [6, 6.07) is 6.64. The lowest BCUT2D eigenvalue weighted by Crippen LogP contribution is -2.58. The van der Waals surface area contributed by atoms with Crippen molar-refractivity contribution in [3.05, 3.63) is 35.9 Å². The average molecular weight is 428 g/mol. The van der Waals surface area contributed by atoms with Crippen molar-refractivity contribution >= 4 is 5.91 Å². The number of hydrogen-bond donors (Lipinski definition) is 1. The molecular weight excluding hydrogens is 395 g/mol. The van der Waals surface area contributed by atoms with E-state index in [0.717, 1.165) is 44.4 Å². The van der Waals surface area contributed by atoms with Crippen LogP contribution in [0.5, 0.6) is 0 Å². The van der Waals surface area contributed by atoms with Gasteiger partial charge in [0.15, 0.2) is 0 Å². The normalized spacial score (nSPS) is 21.5. The first-order valence-corrected chi connectivity index (χ1v) is 10.8. The molecular formula is C23H32F3NO3. The van der Waals surface area contributed by atoms with Crippen molar-refractivity contribution in [1.82, 2.24) is 4.90 Å². The van der Waals surface area contributed by atoms with E-state index in [1.165, 1.54) is 17.0 Å². The molecule has 0 aromatic heterocycles. The molecule has 1 aromatic carbocycles. The molecule has 2 aliphatic rings. The van der Waals surface area contributed by atoms with Gasteiger partial charge in [-0.05, 0) is 63.7 Å². The number of rotatable bonds is 7. The second kappa shape index (κ2) is 8.87. The molecule has 1 saturated heterocycles. The van der Waals surface area contributed by atoms with Crippen molar-refractivity contribution in [2.45, 2.75) is 70.3 Å². The Morgan fingerprint density at radius 2 is 1.80 bits per heavy atom. The molecule has 1 aliphatic carbocycles. The van der Waals surface area contributed by atoms with Crippen LogP contribution in [0.3, 0.4) is 0 Å². The number of likely N-dealkylation sites (tertiary alicyclic amines) is 1. The van der Waals surface area contributed by atoms with Crippen LogP contribution in [-0.2, 0) is 15.1 Å². The molecule has 168 valence electrons. The third kappa shape index (κ3) is 4.67. The van der Waals surface area contributed by atoms with Gasteiger partial charge in [0, 0.05) is 25.3 Å². The van der Waals surface area contributed by atoms with Crippen molar-refractivity contribution in [3.8, 4) is 0 Å². The van der Waals surface area contributed by atoms with Crippen molar-refractivity contribution in [2.24, 2.45) is 11.3 Å². The minimum absolute atomic E-state index is 0.142. The van der Waals surface area contributed by atoms with E-state index in [0.29, 0.717) is 18.8 Å². The first-order chi connectivity index (χ1) is 14.1. The third-order valence-electron chi connectivity index (χ3n) is 6.67. The number of carbonyl (C=O) groups excluding carboxylic acids is 1. The zero-order valence-electron chi connectivity index (χ0n) is 17.8. The SMILES string of the molecule is CC(C)OCCCC1CC2(CCN(C(=O)C(O)(c3ccccc3)C(F)(F)F)CC2)C1. The van der Waals surface area contributed by atoms with Gasteiger partial charge in [0.25, 0.3) is 11.5 Å². The molecule has 4 nitrogen and oxygen atoms in total. The highest BCUT2D eigenvalue weighted by Gasteiger charge is 2.62. The Kier molecular flexibility index (Phi) is 6.82. The van der Waals surface area contributed by atoms with Crippen molar-refractivity contribution in [2.75, 3.05) is 19.7 Å². The van der Waals surface area contributed by atoms with E-state index in [4.69, 9.17) is 4.74 Å². The molecule has 1 atom stereocenters. The Hall–Kier alpha value is -1.60. The maximum atomic E-state index is 13.8. The molecule has 0 bridgehead atoms. The molecule has 1 aromatic rings. The van der Waals surface area contributed by atoms with Crippen LogP contribution in [-0.4, -0.2) is 47.9 Å². The Morgan fingerprint density at radius 1 is 1.20 bits per heavy atom. The largest absolute Gasteiger partial charge is 0.430 e. The van der Waals surface area contributed by atoms with Gasteiger partial charge in [-0.2, -0.15) is 13.2 Å². The molecule has 1 spiro atoms. The summed E-state index contributed by atoms with van der Waals surface area (Å²) in [5.41, 5.74) is -3.80. The van der Waals surface area contributed by atoms with Crippen LogP contribution in [0, 0.1) is 11.3 Å². The smallest absolute Gasteiger partial charge is 0.379 e. The lowest BCUT2D eigenvalue weighted by atomic mass is 9.56. The molecule has 0 radical (unpaired) electrons. The molecule has 1 aliphatic heterocycles. The lowest BCUT2D eigenvalue weighted by Gasteiger charge is -2.53. The summed E-state index contributed by atoms with van der Waals surface area (Å²) in [6.07, 6.45) is 0.822. The fourth-order valence-corrected chi connectivity index (χ4v) is 4.97. The molecule has 1 amide bonds. The fraction of sp³-hybridized carbons (Fsp3) is 0.696. The topological polar surface area (TPSA) is 49.8 Å². The van der Waals surface area contributed by atoms with Gasteiger partial charge in [-0.1, -0.05) is 30.3 Å². The van der Waals surface area contributed by atoms with Crippen LogP contribution in [0.25, 0.3) is 0 Å². The molecule has 3 rings (SSSR count). The average Bonchev–Trinajstić information content (AvgIpc) is 2.68. The minimum Gasteiger partial charge on any atom is -0.379 e. The molecule has 1 N–H and O–H groups in total. The van der Waals surface area contributed by atoms with Gasteiger partial charge in [-0.3, -0.25) is 4.79 Å². The van der Waals surface area contributed by atoms with E-state index in [2.05, 4.69) is 0 Å². The number of halogens is 3. The molecule has 1 unspecified atom stereocenters. The van der Waals surface area contributed by atoms with Crippen LogP contribution in [0.15, 0.2) is 30.3 Å². The summed E-state index contributed by atoms with van der Waals surface area (Å²) in [4.78, 5) is 14.0. The Morgan fingerprint density at radius 3 is 2.33 bits per heavy atom. The highest BCUT2D eigenvalue weighted by atomic mass is 19.4. The van der Waals surface area contributed by atoms with E-state index in [-0.39, 0.29) is 24.6 Å². The van der Waals surface area contributed by atoms with Crippen LogP contribution in [0.2, 0.25) is 0 Å². The maximum Gasteiger partial charge on any atom is 0.430 e. The highest BCUT2D eigenvalue weighted by molar-refractivity contribution is 5.87. The predicted molar refractivity (Wildman–Crippen MR) is 108 cm³/mol. The molecule has 1 heterocycles. The Bertz CT molecular complexity index is 706. The first kappa shape index (κ1) is 23.1. The third-order valence-corrected chi connectivity index (χ3v) is 6.67. The van der Waals surface area contributed by atoms with E-state index in [1.807, 2.05) is 13.8 Å². The molecule has 30 heavy (non-hydrogen) atoms. The zero-order chi connectivity index (χ0) is 22.0. The number of alkyl halides is 3. The second-order valence-electron chi connectivity index (χ2n) is 9.20. The van der Waals surface area contributed by atoms with Crippen LogP contribution in [0.4, 0.5) is 13.2 Å². The fourth-order valence-electron chi connectivity index (χ4n) is 4.97. The first-order valence-electron chi connectivity index (χ1n) is 10.8. The van der Waals surface area contributed by atoms with Gasteiger partial charge < -0.3 is 14.7 Å². The number of hydrogen-bond acceptors (Lipinski definition) is 3. The van der Waals surface area contributed by atoms with Gasteiger partial charge in [-0.15, -0.1) is 0 Å². The lowest BCUT2D eigenvalue weighted by molar-refractivity contribution is -0.262. The summed E-state index contributed by atoms with van der Waals surface area (Å²) in [7, 11) is 0. The standard InChI is InChI=1S/C23H32F3NO3/c1-17(2)30-14-6-7-18-15-21(16-18)10-12-27(13-11-21)20(28)22(29,23(24,25)26)19-8-4-3-5-9-19/h3-5,8-9,17-18,29H,6-7,10-16H2,1-2H3. The Labute approximate surface area is 176 Å². The van der Waals surface area contributed by atoms with E-state index < -0.39 is 23.2 Å². The van der Waals surface area contributed by atoms with Crippen LogP contribution in [0.1, 0.15) is 57.9 Å². The highest BCUT2D eigenvalue weighted by Crippen LogP contribution is 2.54. The summed E-state index contributed by atoms with van der Waals surface area (Å²) in [6.45, 7) is 5.32. The van der Waals surface area contributed by atoms with Gasteiger partial charge in [0.1, 0.15) is 0 Å². The number of piperidine rings is 1. The number of aliphatic hydroxyl groups is 1. The van der Waals surface area contributed by atoms with E-state index in [9.17, 15) is 23.1 Å². The number of amides is 1. The zero-order valence-corrected chi connectivity index (χ0v) is 17.8. The van der Waals surface area contributed by atoms with Crippen molar-refractivity contribution in [1.29, 1.82) is 0 Å². The van der Waals surface area contributed by atoms with Crippen molar-refractivity contribution in [3.63, 3.8) is 0 Å². The van der Waals surface area contributed by atoms with Crippen LogP contribution < -0.4 is 0 Å². The predicted octanol–water partition coefficient (Wildman–Crippen LogP) is 4.66. The molecule has 2 fully saturated rings. The van der Waals surface area contributed by atoms with Crippen molar-refractivity contribution < 1.29 is 27.8 Å². The van der Waals surface area contributed by atoms with Gasteiger partial charge in [0.2, 0.25) is 0 Å². The van der Waals surface area contributed by atoms with Gasteiger partial charge >= 0.3 is 6.18 Å². The molecule has 1 saturated carbocycles. The number of nitrogens with zero attached hydrogens (tertiary/aromatic N) is 1. The van der Waals surface area contributed by atoms with Gasteiger partial charge in [-0.25, -0.2) is 0 Å². The Balaban J connectivity index is 1.55. The number of carbonyl (C=O) groups is 1. The summed E-state index contributed by atoms with van der Waals surface area (Å²) in [5, 5.41) is 10.5. The summed E-state index contributed by atoms with van der Waals surface area (Å²) >= 11 is 0. The molecule has 7 heteroatoms. The maximum absolute atomic E-state index is 13.8. The number of ether oxygens (including phenoxy) is 1. The monoisotopic (exact) mass is 427 g/mol. The minimum atomic E-state index is -5.08. The summed E-state index contributed by atoms with van der Waals surface area (Å²) in [5.74, 6) is -0.628. The van der Waals surface area contributed by atoms with E-state index in [1.54, 1.807) is 6.07 Å². The second-order valence-corrected chi connectivity index (χ2v) is 9.20. The van der Waals surface area contributed by atoms with Gasteiger partial charge in [0.05, 0.1) is 6.10 Å². The summed E-state index contributed by atoms with van der Waals surface area (Å²) < 4.78 is 46.9. The van der Waals surface area contributed by atoms with Crippen LogP contribution >= 0.6 is 0 Å². The number of benzene rings is 1. The quantitative estimate of drug-likeness (QED) is 0.644.